The fourth-order valence-corrected chi connectivity index (χ4v) is 9.53. The number of ether oxygens (including phenoxy) is 2. The third-order valence-electron chi connectivity index (χ3n) is 13.3. The molecule has 1 aromatic rings. The van der Waals surface area contributed by atoms with Gasteiger partial charge in [-0.15, -0.1) is 0 Å². The van der Waals surface area contributed by atoms with Gasteiger partial charge < -0.3 is 34.7 Å². The number of nitrogens with one attached hydrogen (secondary N) is 2. The number of rotatable bonds is 12. The van der Waals surface area contributed by atoms with Crippen LogP contribution in [0.3, 0.4) is 0 Å². The number of fused-ring (bicyclic) bond motifs is 6. The Morgan fingerprint density at radius 1 is 0.827 bits per heavy atom. The molecule has 2 atom stereocenters. The Balaban J connectivity index is 0.000000703. The summed E-state index contributed by atoms with van der Waals surface area (Å²) in [5, 5.41) is 16.0. The molecule has 1 amide bonds. The molecule has 6 saturated carbocycles. The second-order valence-electron chi connectivity index (χ2n) is 16.5. The number of halogens is 1. The monoisotopic (exact) mass is 721 g/mol. The Morgan fingerprint density at radius 2 is 1.29 bits per heavy atom. The molecule has 52 heavy (non-hydrogen) atoms. The molecule has 9 rings (SSSR count). The van der Waals surface area contributed by atoms with Crippen molar-refractivity contribution in [3.05, 3.63) is 35.4 Å². The molecule has 0 radical (unpaired) electrons. The number of hydrogen-bond acceptors (Lipinski definition) is 10. The van der Waals surface area contributed by atoms with Crippen molar-refractivity contribution in [2.45, 2.75) is 133 Å². The lowest BCUT2D eigenvalue weighted by Crippen LogP contribution is -2.58. The molecule has 6 aliphatic carbocycles. The van der Waals surface area contributed by atoms with Crippen LogP contribution in [0, 0.1) is 22.2 Å². The largest absolute Gasteiger partial charge is 0.460 e. The Kier molecular flexibility index (Phi) is 12.0. The van der Waals surface area contributed by atoms with Gasteiger partial charge in [-0.05, 0) is 121 Å². The molecule has 2 heterocycles. The van der Waals surface area contributed by atoms with Crippen molar-refractivity contribution in [3.8, 4) is 6.07 Å². The predicted octanol–water partition coefficient (Wildman–Crippen LogP) is 4.51. The van der Waals surface area contributed by atoms with E-state index >= 15 is 0 Å². The summed E-state index contributed by atoms with van der Waals surface area (Å²) >= 11 is 0. The molecule has 0 spiro atoms. The van der Waals surface area contributed by atoms with E-state index in [1.165, 1.54) is 30.8 Å². The number of esters is 2. The predicted molar refractivity (Wildman–Crippen MR) is 191 cm³/mol. The lowest BCUT2D eigenvalue weighted by Gasteiger charge is -2.52. The van der Waals surface area contributed by atoms with E-state index in [1.54, 1.807) is 0 Å². The summed E-state index contributed by atoms with van der Waals surface area (Å²) in [7, 11) is 2.17. The van der Waals surface area contributed by atoms with E-state index in [-0.39, 0.29) is 61.6 Å². The van der Waals surface area contributed by atoms with Gasteiger partial charge in [0.05, 0.1) is 36.5 Å². The van der Waals surface area contributed by atoms with E-state index in [0.29, 0.717) is 25.8 Å². The first kappa shape index (κ1) is 38.3. The molecule has 4 bridgehead atoms. The van der Waals surface area contributed by atoms with E-state index in [0.717, 1.165) is 75.2 Å². The average molecular weight is 722 g/mol. The molecule has 1 aromatic carbocycles. The maximum absolute atomic E-state index is 13.8. The number of carbonyl (C=O) groups is 4. The number of amides is 1. The first-order valence-electron chi connectivity index (χ1n) is 19.4. The molecule has 2 saturated heterocycles. The summed E-state index contributed by atoms with van der Waals surface area (Å²) < 4.78 is 25.3. The van der Waals surface area contributed by atoms with E-state index < -0.39 is 23.0 Å². The Morgan fingerprint density at radius 3 is 1.69 bits per heavy atom. The van der Waals surface area contributed by atoms with Crippen LogP contribution < -0.4 is 10.6 Å². The number of aldehydes is 1. The molecule has 12 heteroatoms. The van der Waals surface area contributed by atoms with E-state index in [1.807, 2.05) is 30.3 Å². The van der Waals surface area contributed by atoms with Crippen LogP contribution in [-0.2, 0) is 41.9 Å². The summed E-state index contributed by atoms with van der Waals surface area (Å²) in [5.74, 6) is -0.558. The zero-order valence-corrected chi connectivity index (χ0v) is 30.8. The van der Waals surface area contributed by atoms with Gasteiger partial charge in [-0.3, -0.25) is 14.4 Å². The molecule has 284 valence electrons. The smallest absolute Gasteiger partial charge is 0.312 e. The highest BCUT2D eigenvalue weighted by Gasteiger charge is 2.54. The summed E-state index contributed by atoms with van der Waals surface area (Å²) in [4.78, 5) is 53.6. The van der Waals surface area contributed by atoms with Gasteiger partial charge in [0.1, 0.15) is 31.7 Å². The lowest BCUT2D eigenvalue weighted by molar-refractivity contribution is -0.166. The minimum atomic E-state index is -1.15. The van der Waals surface area contributed by atoms with Crippen molar-refractivity contribution in [2.24, 2.45) is 10.8 Å². The van der Waals surface area contributed by atoms with Crippen molar-refractivity contribution in [3.63, 3.8) is 0 Å². The van der Waals surface area contributed by atoms with Gasteiger partial charge in [0.15, 0.2) is 0 Å². The molecule has 8 aliphatic rings. The zero-order valence-electron chi connectivity index (χ0n) is 30.8. The van der Waals surface area contributed by atoms with Crippen LogP contribution in [-0.4, -0.2) is 97.0 Å². The summed E-state index contributed by atoms with van der Waals surface area (Å²) in [6.45, 7) is 3.41. The van der Waals surface area contributed by atoms with Crippen molar-refractivity contribution in [1.29, 1.82) is 5.26 Å². The lowest BCUT2D eigenvalue weighted by atomic mass is 9.57. The molecular formula is C40H56FN5O6. The zero-order chi connectivity index (χ0) is 36.8. The van der Waals surface area contributed by atoms with Crippen LogP contribution in [0.1, 0.15) is 107 Å². The highest BCUT2D eigenvalue weighted by molar-refractivity contribution is 5.80. The van der Waals surface area contributed by atoms with Crippen LogP contribution >= 0.6 is 0 Å². The number of hydrogen-bond donors (Lipinski definition) is 2. The highest BCUT2D eigenvalue weighted by atomic mass is 19.1. The minimum Gasteiger partial charge on any atom is -0.460 e. The van der Waals surface area contributed by atoms with E-state index in [4.69, 9.17) is 9.47 Å². The average Bonchev–Trinajstić information content (AvgIpc) is 3.84. The summed E-state index contributed by atoms with van der Waals surface area (Å²) in [5.41, 5.74) is 0.586. The van der Waals surface area contributed by atoms with Gasteiger partial charge >= 0.3 is 11.9 Å². The van der Waals surface area contributed by atoms with Gasteiger partial charge in [-0.2, -0.15) is 5.26 Å². The van der Waals surface area contributed by atoms with Crippen LogP contribution in [0.15, 0.2) is 24.3 Å². The third kappa shape index (κ3) is 8.53. The molecular weight excluding hydrogens is 665 g/mol. The van der Waals surface area contributed by atoms with Crippen LogP contribution in [0.4, 0.5) is 4.39 Å². The first-order chi connectivity index (χ1) is 25.0. The first-order valence-corrected chi connectivity index (χ1v) is 19.4. The van der Waals surface area contributed by atoms with Gasteiger partial charge in [0, 0.05) is 17.5 Å². The number of nitriles is 1. The topological polar surface area (TPSA) is 141 Å². The highest BCUT2D eigenvalue weighted by Crippen LogP contribution is 2.54. The molecule has 2 unspecified atom stereocenters. The molecule has 8 fully saturated rings. The maximum Gasteiger partial charge on any atom is 0.312 e. The van der Waals surface area contributed by atoms with Crippen LogP contribution in [0.5, 0.6) is 0 Å². The van der Waals surface area contributed by atoms with Crippen LogP contribution in [0.2, 0.25) is 0 Å². The van der Waals surface area contributed by atoms with E-state index in [2.05, 4.69) is 22.6 Å². The standard InChI is InChI=1S/C35H45FN4O6.C5H11N/c36-27-19-28(20-37)40(22-27)29(42)21-39-35-14-8-33(9-15-35,10-16-35)31(44)46-24-26-3-1-25(2-4-26)23-45-30(43)32-5-11-34(12-6-32,13-7-32)38-17-18-41;1-6-4-2-3-5-6/h1-4,18,27-28,38-39H,5-17,19,21-24H2;2-5H2,1H3. The van der Waals surface area contributed by atoms with Crippen molar-refractivity contribution in [1.82, 2.24) is 20.4 Å². The second-order valence-corrected chi connectivity index (χ2v) is 16.5. The van der Waals surface area contributed by atoms with Crippen LogP contribution in [0.25, 0.3) is 0 Å². The van der Waals surface area contributed by atoms with Crippen molar-refractivity contribution in [2.75, 3.05) is 39.8 Å². The van der Waals surface area contributed by atoms with Gasteiger partial charge in [0.25, 0.3) is 0 Å². The van der Waals surface area contributed by atoms with Gasteiger partial charge in [0.2, 0.25) is 5.91 Å². The Hall–Kier alpha value is -3.40. The van der Waals surface area contributed by atoms with Crippen molar-refractivity contribution >= 4 is 24.1 Å². The number of likely N-dealkylation sites (tertiary alicyclic amines) is 2. The SMILES string of the molecule is CN1CCCC1.N#CC1CC(F)CN1C(=O)CNC12CCC(C(=O)OCc3ccc(COC(=O)C45CCC(NCC=O)(CC4)CC5)cc3)(CC1)CC2. The Labute approximate surface area is 307 Å². The Bertz CT molecular complexity index is 1440. The molecule has 11 nitrogen and oxygen atoms in total. The number of nitrogens with zero attached hydrogens (tertiary/aromatic N) is 3. The van der Waals surface area contributed by atoms with Gasteiger partial charge in [-0.1, -0.05) is 24.3 Å². The summed E-state index contributed by atoms with van der Waals surface area (Å²) in [6.07, 6.45) is 12.0. The van der Waals surface area contributed by atoms with E-state index in [9.17, 15) is 28.8 Å². The maximum atomic E-state index is 13.8. The fourth-order valence-electron chi connectivity index (χ4n) is 9.53. The number of carbonyl (C=O) groups excluding carboxylic acids is 4. The third-order valence-corrected chi connectivity index (χ3v) is 13.3. The quantitative estimate of drug-likeness (QED) is 0.234. The second kappa shape index (κ2) is 16.3. The number of alkyl halides is 1. The molecule has 2 N–H and O–H groups in total. The molecule has 0 aromatic heterocycles. The van der Waals surface area contributed by atoms with Gasteiger partial charge in [-0.25, -0.2) is 4.39 Å². The minimum absolute atomic E-state index is 0.0139. The normalized spacial score (nSPS) is 33.5. The fraction of sp³-hybridized carbons (Fsp3) is 0.725. The number of benzene rings is 1. The summed E-state index contributed by atoms with van der Waals surface area (Å²) in [6, 6.07) is 8.93. The molecule has 2 aliphatic heterocycles. The van der Waals surface area contributed by atoms with Crippen molar-refractivity contribution < 1.29 is 33.0 Å².